The minimum absolute atomic E-state index is 0.140. The van der Waals surface area contributed by atoms with Crippen LogP contribution in [0.15, 0.2) is 18.3 Å². The first-order chi connectivity index (χ1) is 10.1. The summed E-state index contributed by atoms with van der Waals surface area (Å²) < 4.78 is 4.97. The highest BCUT2D eigenvalue weighted by molar-refractivity contribution is 6.30. The Balaban J connectivity index is 1.92. The van der Waals surface area contributed by atoms with Gasteiger partial charge in [0.2, 0.25) is 5.91 Å². The number of likely N-dealkylation sites (tertiary alicyclic amines) is 1. The summed E-state index contributed by atoms with van der Waals surface area (Å²) in [5.74, 6) is 0.0668. The van der Waals surface area contributed by atoms with E-state index >= 15 is 0 Å². The quantitative estimate of drug-likeness (QED) is 0.931. The monoisotopic (exact) mass is 311 g/mol. The zero-order valence-electron chi connectivity index (χ0n) is 11.8. The molecule has 1 fully saturated rings. The fourth-order valence-corrected chi connectivity index (χ4v) is 2.36. The molecule has 0 aliphatic carbocycles. The second-order valence-corrected chi connectivity index (χ2v) is 5.27. The number of nitrogens with zero attached hydrogens (tertiary/aromatic N) is 2. The lowest BCUT2D eigenvalue weighted by molar-refractivity contribution is -0.121. The van der Waals surface area contributed by atoms with Gasteiger partial charge in [0.25, 0.3) is 0 Å². The van der Waals surface area contributed by atoms with E-state index in [0.717, 1.165) is 12.8 Å². The van der Waals surface area contributed by atoms with Crippen molar-refractivity contribution in [2.75, 3.05) is 25.0 Å². The SMILES string of the molecule is CCOC(=O)N1CCCC(C(=O)Nc2ccc(Cl)cn2)C1. The molecule has 2 amide bonds. The Hall–Kier alpha value is -1.82. The molecule has 7 heteroatoms. The van der Waals surface area contributed by atoms with Crippen molar-refractivity contribution in [2.24, 2.45) is 5.92 Å². The maximum atomic E-state index is 12.2. The number of amides is 2. The number of ether oxygens (including phenoxy) is 1. The fraction of sp³-hybridized carbons (Fsp3) is 0.500. The Morgan fingerprint density at radius 1 is 1.52 bits per heavy atom. The molecule has 1 saturated heterocycles. The van der Waals surface area contributed by atoms with Gasteiger partial charge in [-0.05, 0) is 31.9 Å². The first-order valence-electron chi connectivity index (χ1n) is 6.94. The second-order valence-electron chi connectivity index (χ2n) is 4.83. The lowest BCUT2D eigenvalue weighted by Crippen LogP contribution is -2.44. The van der Waals surface area contributed by atoms with E-state index in [4.69, 9.17) is 16.3 Å². The second kappa shape index (κ2) is 7.26. The molecule has 0 radical (unpaired) electrons. The average Bonchev–Trinajstić information content (AvgIpc) is 2.50. The average molecular weight is 312 g/mol. The number of carbonyl (C=O) groups excluding carboxylic acids is 2. The van der Waals surface area contributed by atoms with E-state index < -0.39 is 0 Å². The van der Waals surface area contributed by atoms with Crippen molar-refractivity contribution in [3.05, 3.63) is 23.4 Å². The molecule has 2 rings (SSSR count). The van der Waals surface area contributed by atoms with Crippen molar-refractivity contribution < 1.29 is 14.3 Å². The topological polar surface area (TPSA) is 71.5 Å². The summed E-state index contributed by atoms with van der Waals surface area (Å²) in [6, 6.07) is 3.31. The lowest BCUT2D eigenvalue weighted by atomic mass is 9.97. The molecule has 1 aliphatic heterocycles. The molecule has 1 aliphatic rings. The normalized spacial score (nSPS) is 18.2. The van der Waals surface area contributed by atoms with Crippen LogP contribution in [0, 0.1) is 5.92 Å². The van der Waals surface area contributed by atoms with Gasteiger partial charge < -0.3 is 15.0 Å². The molecule has 1 N–H and O–H groups in total. The molecule has 1 aromatic rings. The van der Waals surface area contributed by atoms with Crippen molar-refractivity contribution in [1.82, 2.24) is 9.88 Å². The van der Waals surface area contributed by atoms with E-state index in [0.29, 0.717) is 30.5 Å². The first-order valence-corrected chi connectivity index (χ1v) is 7.32. The zero-order chi connectivity index (χ0) is 15.2. The Labute approximate surface area is 128 Å². The van der Waals surface area contributed by atoms with Gasteiger partial charge in [-0.15, -0.1) is 0 Å². The Bertz CT molecular complexity index is 507. The third-order valence-corrected chi connectivity index (χ3v) is 3.52. The van der Waals surface area contributed by atoms with Gasteiger partial charge in [-0.1, -0.05) is 11.6 Å². The van der Waals surface area contributed by atoms with Crippen LogP contribution in [0.4, 0.5) is 10.6 Å². The van der Waals surface area contributed by atoms with Crippen molar-refractivity contribution in [2.45, 2.75) is 19.8 Å². The molecule has 0 spiro atoms. The summed E-state index contributed by atoms with van der Waals surface area (Å²) in [4.78, 5) is 29.5. The molecular formula is C14H18ClN3O3. The van der Waals surface area contributed by atoms with Gasteiger partial charge >= 0.3 is 6.09 Å². The molecular weight excluding hydrogens is 294 g/mol. The molecule has 1 unspecified atom stereocenters. The maximum Gasteiger partial charge on any atom is 0.409 e. The van der Waals surface area contributed by atoms with Gasteiger partial charge in [-0.3, -0.25) is 4.79 Å². The Morgan fingerprint density at radius 3 is 3.00 bits per heavy atom. The number of halogens is 1. The van der Waals surface area contributed by atoms with E-state index in [1.807, 2.05) is 0 Å². The number of hydrogen-bond acceptors (Lipinski definition) is 4. The van der Waals surface area contributed by atoms with E-state index in [1.165, 1.54) is 6.20 Å². The highest BCUT2D eigenvalue weighted by Gasteiger charge is 2.29. The number of pyridine rings is 1. The molecule has 1 atom stereocenters. The van der Waals surface area contributed by atoms with E-state index in [-0.39, 0.29) is 17.9 Å². The summed E-state index contributed by atoms with van der Waals surface area (Å²) in [6.07, 6.45) is 2.64. The van der Waals surface area contributed by atoms with Gasteiger partial charge in [0.15, 0.2) is 0 Å². The molecule has 21 heavy (non-hydrogen) atoms. The van der Waals surface area contributed by atoms with Crippen LogP contribution in [-0.4, -0.2) is 41.6 Å². The standard InChI is InChI=1S/C14H18ClN3O3/c1-2-21-14(20)18-7-3-4-10(9-18)13(19)17-12-6-5-11(15)8-16-12/h5-6,8,10H,2-4,7,9H2,1H3,(H,16,17,19). The predicted octanol–water partition coefficient (Wildman–Crippen LogP) is 2.54. The largest absolute Gasteiger partial charge is 0.450 e. The maximum absolute atomic E-state index is 12.2. The third-order valence-electron chi connectivity index (χ3n) is 3.30. The molecule has 1 aromatic heterocycles. The van der Waals surface area contributed by atoms with Crippen LogP contribution in [0.3, 0.4) is 0 Å². The fourth-order valence-electron chi connectivity index (χ4n) is 2.25. The molecule has 0 aromatic carbocycles. The van der Waals surface area contributed by atoms with Crippen LogP contribution in [0.2, 0.25) is 5.02 Å². The Kier molecular flexibility index (Phi) is 5.38. The van der Waals surface area contributed by atoms with Gasteiger partial charge in [-0.25, -0.2) is 9.78 Å². The highest BCUT2D eigenvalue weighted by Crippen LogP contribution is 2.19. The molecule has 2 heterocycles. The minimum atomic E-state index is -0.361. The number of aromatic nitrogens is 1. The van der Waals surface area contributed by atoms with Gasteiger partial charge in [0.1, 0.15) is 5.82 Å². The molecule has 6 nitrogen and oxygen atoms in total. The lowest BCUT2D eigenvalue weighted by Gasteiger charge is -2.31. The van der Waals surface area contributed by atoms with Crippen LogP contribution < -0.4 is 5.32 Å². The van der Waals surface area contributed by atoms with Crippen LogP contribution in [0.1, 0.15) is 19.8 Å². The van der Waals surface area contributed by atoms with Crippen LogP contribution >= 0.6 is 11.6 Å². The first kappa shape index (κ1) is 15.6. The Morgan fingerprint density at radius 2 is 2.33 bits per heavy atom. The third kappa shape index (κ3) is 4.32. The summed E-state index contributed by atoms with van der Waals surface area (Å²) in [5.41, 5.74) is 0. The van der Waals surface area contributed by atoms with Gasteiger partial charge in [-0.2, -0.15) is 0 Å². The predicted molar refractivity (Wildman–Crippen MR) is 79.2 cm³/mol. The van der Waals surface area contributed by atoms with Crippen LogP contribution in [0.5, 0.6) is 0 Å². The van der Waals surface area contributed by atoms with Gasteiger partial charge in [0.05, 0.1) is 17.5 Å². The molecule has 0 saturated carbocycles. The van der Waals surface area contributed by atoms with Crippen LogP contribution in [-0.2, 0) is 9.53 Å². The number of anilines is 1. The minimum Gasteiger partial charge on any atom is -0.450 e. The molecule has 0 bridgehead atoms. The van der Waals surface area contributed by atoms with Crippen LogP contribution in [0.25, 0.3) is 0 Å². The van der Waals surface area contributed by atoms with Gasteiger partial charge in [0, 0.05) is 19.3 Å². The van der Waals surface area contributed by atoms with Crippen molar-refractivity contribution in [1.29, 1.82) is 0 Å². The number of nitrogens with one attached hydrogen (secondary N) is 1. The zero-order valence-corrected chi connectivity index (χ0v) is 12.6. The highest BCUT2D eigenvalue weighted by atomic mass is 35.5. The van der Waals surface area contributed by atoms with Crippen molar-refractivity contribution in [3.63, 3.8) is 0 Å². The van der Waals surface area contributed by atoms with E-state index in [1.54, 1.807) is 24.0 Å². The van der Waals surface area contributed by atoms with E-state index in [2.05, 4.69) is 10.3 Å². The summed E-state index contributed by atoms with van der Waals surface area (Å²) in [7, 11) is 0. The summed E-state index contributed by atoms with van der Waals surface area (Å²) >= 11 is 5.75. The summed E-state index contributed by atoms with van der Waals surface area (Å²) in [6.45, 7) is 3.10. The number of hydrogen-bond donors (Lipinski definition) is 1. The number of rotatable bonds is 3. The van der Waals surface area contributed by atoms with E-state index in [9.17, 15) is 9.59 Å². The van der Waals surface area contributed by atoms with Crippen molar-refractivity contribution in [3.8, 4) is 0 Å². The smallest absolute Gasteiger partial charge is 0.409 e. The van der Waals surface area contributed by atoms with Crippen molar-refractivity contribution >= 4 is 29.4 Å². The number of carbonyl (C=O) groups is 2. The summed E-state index contributed by atoms with van der Waals surface area (Å²) in [5, 5.41) is 3.26. The molecule has 114 valence electrons. The number of piperidine rings is 1.